The molecule has 0 bridgehead atoms. The van der Waals surface area contributed by atoms with Crippen molar-refractivity contribution < 1.29 is 4.42 Å². The van der Waals surface area contributed by atoms with Crippen LogP contribution in [0, 0.1) is 0 Å². The molecule has 0 saturated carbocycles. The van der Waals surface area contributed by atoms with Gasteiger partial charge in [-0.3, -0.25) is 4.90 Å². The fraction of sp³-hybridized carbons (Fsp3) is 0. The second-order valence-electron chi connectivity index (χ2n) is 10.5. The number of aromatic nitrogens is 1. The average molecular weight is 539 g/mol. The molecule has 2 heterocycles. The Labute approximate surface area is 243 Å². The van der Waals surface area contributed by atoms with Gasteiger partial charge in [-0.15, -0.1) is 0 Å². The molecule has 0 radical (unpaired) electrons. The monoisotopic (exact) mass is 538 g/mol. The predicted molar refractivity (Wildman–Crippen MR) is 175 cm³/mol. The van der Waals surface area contributed by atoms with Crippen molar-refractivity contribution in [3.8, 4) is 22.3 Å². The maximum Gasteiger partial charge on any atom is 0.141 e. The molecule has 0 unspecified atom stereocenters. The van der Waals surface area contributed by atoms with Crippen molar-refractivity contribution >= 4 is 49.9 Å². The largest absolute Gasteiger partial charge is 0.456 e. The molecular weight excluding hydrogens is 512 g/mol. The van der Waals surface area contributed by atoms with Crippen LogP contribution < -0.4 is 4.90 Å². The summed E-state index contributed by atoms with van der Waals surface area (Å²) in [5.41, 5.74) is 8.46. The van der Waals surface area contributed by atoms with E-state index in [1.54, 1.807) is 0 Å². The summed E-state index contributed by atoms with van der Waals surface area (Å²) in [5.74, 6) is 0.797. The quantitative estimate of drug-likeness (QED) is 0.218. The van der Waals surface area contributed by atoms with Crippen molar-refractivity contribution in [3.05, 3.63) is 158 Å². The molecule has 2 aromatic heterocycles. The van der Waals surface area contributed by atoms with E-state index in [1.165, 1.54) is 33.0 Å². The molecule has 42 heavy (non-hydrogen) atoms. The van der Waals surface area contributed by atoms with Gasteiger partial charge in [0.05, 0.1) is 0 Å². The summed E-state index contributed by atoms with van der Waals surface area (Å²) in [5, 5.41) is 4.49. The zero-order valence-corrected chi connectivity index (χ0v) is 22.8. The molecule has 0 aliphatic carbocycles. The van der Waals surface area contributed by atoms with Crippen LogP contribution in [0.5, 0.6) is 0 Å². The first-order valence-corrected chi connectivity index (χ1v) is 14.1. The Morgan fingerprint density at radius 2 is 1.00 bits per heavy atom. The number of rotatable bonds is 5. The second-order valence-corrected chi connectivity index (χ2v) is 10.5. The topological polar surface area (TPSA) is 29.3 Å². The van der Waals surface area contributed by atoms with Gasteiger partial charge in [-0.25, -0.2) is 4.98 Å². The lowest BCUT2D eigenvalue weighted by atomic mass is 10.0. The maximum atomic E-state index is 6.41. The molecule has 0 aliphatic rings. The van der Waals surface area contributed by atoms with Gasteiger partial charge in [-0.2, -0.15) is 0 Å². The number of hydrogen-bond acceptors (Lipinski definition) is 3. The summed E-state index contributed by atoms with van der Waals surface area (Å²) in [6.07, 6.45) is 1.95. The van der Waals surface area contributed by atoms with Gasteiger partial charge in [-0.1, -0.05) is 115 Å². The highest BCUT2D eigenvalue weighted by Crippen LogP contribution is 2.40. The summed E-state index contributed by atoms with van der Waals surface area (Å²) >= 11 is 0. The lowest BCUT2D eigenvalue weighted by molar-refractivity contribution is 0.669. The Morgan fingerprint density at radius 3 is 1.62 bits per heavy atom. The van der Waals surface area contributed by atoms with Gasteiger partial charge in [0, 0.05) is 34.4 Å². The molecule has 0 fully saturated rings. The van der Waals surface area contributed by atoms with E-state index in [0.717, 1.165) is 39.1 Å². The lowest BCUT2D eigenvalue weighted by Gasteiger charge is -2.24. The Kier molecular flexibility index (Phi) is 5.79. The molecule has 0 amide bonds. The minimum absolute atomic E-state index is 0.797. The van der Waals surface area contributed by atoms with E-state index in [-0.39, 0.29) is 0 Å². The first-order chi connectivity index (χ1) is 20.8. The van der Waals surface area contributed by atoms with E-state index >= 15 is 0 Å². The Bertz CT molecular complexity index is 2080. The van der Waals surface area contributed by atoms with Gasteiger partial charge in [0.1, 0.15) is 17.0 Å². The molecule has 0 saturated heterocycles. The minimum Gasteiger partial charge on any atom is -0.456 e. The van der Waals surface area contributed by atoms with Crippen LogP contribution in [-0.4, -0.2) is 4.98 Å². The summed E-state index contributed by atoms with van der Waals surface area (Å²) in [7, 11) is 0. The summed E-state index contributed by atoms with van der Waals surface area (Å²) in [6, 6.07) is 52.9. The van der Waals surface area contributed by atoms with Crippen molar-refractivity contribution in [2.75, 3.05) is 4.90 Å². The van der Waals surface area contributed by atoms with Gasteiger partial charge in [0.25, 0.3) is 0 Å². The summed E-state index contributed by atoms with van der Waals surface area (Å²) < 4.78 is 6.41. The lowest BCUT2D eigenvalue weighted by Crippen LogP contribution is -2.11. The molecular formula is C39H26N2O. The third kappa shape index (κ3) is 4.20. The molecule has 198 valence electrons. The zero-order valence-electron chi connectivity index (χ0n) is 22.8. The highest BCUT2D eigenvalue weighted by atomic mass is 16.3. The minimum atomic E-state index is 0.797. The zero-order chi connectivity index (χ0) is 27.9. The summed E-state index contributed by atoms with van der Waals surface area (Å²) in [6.45, 7) is 0. The van der Waals surface area contributed by atoms with Crippen molar-refractivity contribution in [2.45, 2.75) is 0 Å². The van der Waals surface area contributed by atoms with Crippen LogP contribution in [0.3, 0.4) is 0 Å². The van der Waals surface area contributed by atoms with Gasteiger partial charge in [0.2, 0.25) is 0 Å². The molecule has 3 heteroatoms. The van der Waals surface area contributed by atoms with Crippen LogP contribution in [0.1, 0.15) is 0 Å². The number of fused-ring (bicyclic) bond motifs is 5. The standard InChI is InChI=1S/C39H26N2O/c1-3-9-27(10-4-1)29-15-20-32(21-16-29)41(33-22-17-30(18-23-33)28-11-5-2-6-12-28)38-25-37-35(26-40-38)39-34-14-8-7-13-31(34)19-24-36(39)42-37/h1-26H. The Balaban J connectivity index is 1.26. The highest BCUT2D eigenvalue weighted by Gasteiger charge is 2.18. The van der Waals surface area contributed by atoms with E-state index in [2.05, 4.69) is 144 Å². The fourth-order valence-electron chi connectivity index (χ4n) is 5.83. The first kappa shape index (κ1) is 24.2. The molecule has 0 spiro atoms. The molecule has 0 atom stereocenters. The fourth-order valence-corrected chi connectivity index (χ4v) is 5.83. The normalized spacial score (nSPS) is 11.3. The van der Waals surface area contributed by atoms with Crippen molar-refractivity contribution in [2.24, 2.45) is 0 Å². The SMILES string of the molecule is c1ccc(-c2ccc(N(c3ccc(-c4ccccc4)cc3)c3cc4oc5ccc6ccccc6c5c4cn3)cc2)cc1. The van der Waals surface area contributed by atoms with Gasteiger partial charge in [0.15, 0.2) is 0 Å². The van der Waals surface area contributed by atoms with Crippen LogP contribution in [-0.2, 0) is 0 Å². The van der Waals surface area contributed by atoms with Crippen molar-refractivity contribution in [3.63, 3.8) is 0 Å². The Morgan fingerprint density at radius 1 is 0.452 bits per heavy atom. The number of nitrogens with zero attached hydrogens (tertiary/aromatic N) is 2. The molecule has 0 N–H and O–H groups in total. The highest BCUT2D eigenvalue weighted by molar-refractivity contribution is 6.18. The van der Waals surface area contributed by atoms with E-state index in [0.29, 0.717) is 0 Å². The van der Waals surface area contributed by atoms with E-state index in [4.69, 9.17) is 9.40 Å². The third-order valence-corrected chi connectivity index (χ3v) is 7.93. The summed E-state index contributed by atoms with van der Waals surface area (Å²) in [4.78, 5) is 7.21. The van der Waals surface area contributed by atoms with Crippen molar-refractivity contribution in [1.29, 1.82) is 0 Å². The van der Waals surface area contributed by atoms with Crippen LogP contribution in [0.2, 0.25) is 0 Å². The van der Waals surface area contributed by atoms with E-state index < -0.39 is 0 Å². The molecule has 6 aromatic carbocycles. The molecule has 0 aliphatic heterocycles. The first-order valence-electron chi connectivity index (χ1n) is 14.1. The third-order valence-electron chi connectivity index (χ3n) is 7.93. The van der Waals surface area contributed by atoms with Gasteiger partial charge < -0.3 is 4.42 Å². The number of anilines is 3. The second kappa shape index (κ2) is 10.1. The number of pyridine rings is 1. The average Bonchev–Trinajstić information content (AvgIpc) is 3.45. The molecule has 8 rings (SSSR count). The van der Waals surface area contributed by atoms with E-state index in [1.807, 2.05) is 18.3 Å². The van der Waals surface area contributed by atoms with Crippen LogP contribution in [0.4, 0.5) is 17.2 Å². The molecule has 8 aromatic rings. The number of hydrogen-bond donors (Lipinski definition) is 0. The smallest absolute Gasteiger partial charge is 0.141 e. The van der Waals surface area contributed by atoms with E-state index in [9.17, 15) is 0 Å². The predicted octanol–water partition coefficient (Wildman–Crippen LogP) is 10.9. The maximum absolute atomic E-state index is 6.41. The van der Waals surface area contributed by atoms with Crippen LogP contribution in [0.25, 0.3) is 55.0 Å². The van der Waals surface area contributed by atoms with Gasteiger partial charge in [-0.05, 0) is 63.4 Å². The Hall–Kier alpha value is -5.67. The van der Waals surface area contributed by atoms with Gasteiger partial charge >= 0.3 is 0 Å². The number of benzene rings is 6. The van der Waals surface area contributed by atoms with Crippen LogP contribution >= 0.6 is 0 Å². The molecule has 3 nitrogen and oxygen atoms in total. The number of furan rings is 1. The van der Waals surface area contributed by atoms with Crippen molar-refractivity contribution in [1.82, 2.24) is 4.98 Å². The van der Waals surface area contributed by atoms with Crippen LogP contribution in [0.15, 0.2) is 162 Å².